The van der Waals surface area contributed by atoms with E-state index in [0.717, 1.165) is 0 Å². The minimum Gasteiger partial charge on any atom is -0.323 e. The van der Waals surface area contributed by atoms with Crippen LogP contribution >= 0.6 is 11.6 Å². The van der Waals surface area contributed by atoms with Crippen LogP contribution in [-0.4, -0.2) is 26.8 Å². The van der Waals surface area contributed by atoms with Gasteiger partial charge in [0.1, 0.15) is 6.54 Å². The first kappa shape index (κ1) is 16.0. The van der Waals surface area contributed by atoms with E-state index >= 15 is 0 Å². The molecular formula is C14H16ClN5O2. The van der Waals surface area contributed by atoms with Gasteiger partial charge in [0.2, 0.25) is 11.8 Å². The van der Waals surface area contributed by atoms with E-state index in [1.54, 1.807) is 38.1 Å². The van der Waals surface area contributed by atoms with Crippen LogP contribution < -0.4 is 10.6 Å². The van der Waals surface area contributed by atoms with E-state index < -0.39 is 0 Å². The summed E-state index contributed by atoms with van der Waals surface area (Å²) in [7, 11) is 0. The molecule has 0 fully saturated rings. The summed E-state index contributed by atoms with van der Waals surface area (Å²) >= 11 is 5.97. The van der Waals surface area contributed by atoms with Crippen molar-refractivity contribution in [2.75, 3.05) is 10.6 Å². The second-order valence-corrected chi connectivity index (χ2v) is 5.38. The normalized spacial score (nSPS) is 10.5. The van der Waals surface area contributed by atoms with Crippen molar-refractivity contribution in [3.05, 3.63) is 35.5 Å². The molecule has 1 aromatic carbocycles. The predicted molar refractivity (Wildman–Crippen MR) is 83.6 cm³/mol. The molecule has 1 aromatic heterocycles. The van der Waals surface area contributed by atoms with Gasteiger partial charge in [0.05, 0.1) is 16.9 Å². The van der Waals surface area contributed by atoms with Gasteiger partial charge in [-0.2, -0.15) is 0 Å². The largest absolute Gasteiger partial charge is 0.323 e. The average molecular weight is 322 g/mol. The van der Waals surface area contributed by atoms with Crippen molar-refractivity contribution in [3.8, 4) is 0 Å². The number of benzene rings is 1. The molecule has 0 atom stereocenters. The molecule has 0 spiro atoms. The van der Waals surface area contributed by atoms with Crippen LogP contribution in [0.4, 0.5) is 11.5 Å². The fourth-order valence-electron chi connectivity index (χ4n) is 1.60. The van der Waals surface area contributed by atoms with Crippen LogP contribution in [0.25, 0.3) is 0 Å². The Morgan fingerprint density at radius 3 is 2.68 bits per heavy atom. The molecule has 22 heavy (non-hydrogen) atoms. The molecule has 0 aliphatic heterocycles. The highest BCUT2D eigenvalue weighted by molar-refractivity contribution is 6.33. The molecule has 0 bridgehead atoms. The van der Waals surface area contributed by atoms with Gasteiger partial charge in [-0.1, -0.05) is 42.8 Å². The van der Waals surface area contributed by atoms with Gasteiger partial charge in [-0.3, -0.25) is 9.59 Å². The van der Waals surface area contributed by atoms with Crippen molar-refractivity contribution in [1.29, 1.82) is 0 Å². The SMILES string of the molecule is CC(C)C(=O)Nc1cn(CC(=O)Nc2ccccc2Cl)nn1. The Kier molecular flexibility index (Phi) is 5.11. The molecule has 2 rings (SSSR count). The molecule has 0 saturated heterocycles. The van der Waals surface area contributed by atoms with Crippen LogP contribution in [-0.2, 0) is 16.1 Å². The monoisotopic (exact) mass is 321 g/mol. The Hall–Kier alpha value is -2.41. The molecule has 2 N–H and O–H groups in total. The average Bonchev–Trinajstić information content (AvgIpc) is 2.88. The van der Waals surface area contributed by atoms with Crippen molar-refractivity contribution in [2.45, 2.75) is 20.4 Å². The van der Waals surface area contributed by atoms with Gasteiger partial charge in [-0.05, 0) is 12.1 Å². The maximum atomic E-state index is 11.9. The van der Waals surface area contributed by atoms with Crippen LogP contribution in [0.2, 0.25) is 5.02 Å². The Morgan fingerprint density at radius 2 is 2.00 bits per heavy atom. The third kappa shape index (κ3) is 4.29. The number of nitrogens with one attached hydrogen (secondary N) is 2. The number of halogens is 1. The molecule has 0 saturated carbocycles. The van der Waals surface area contributed by atoms with E-state index in [1.807, 2.05) is 0 Å². The molecular weight excluding hydrogens is 306 g/mol. The number of para-hydroxylation sites is 1. The summed E-state index contributed by atoms with van der Waals surface area (Å²) in [4.78, 5) is 23.5. The van der Waals surface area contributed by atoms with Crippen molar-refractivity contribution in [2.24, 2.45) is 5.92 Å². The zero-order chi connectivity index (χ0) is 16.1. The summed E-state index contributed by atoms with van der Waals surface area (Å²) in [6, 6.07) is 6.94. The van der Waals surface area contributed by atoms with Crippen LogP contribution in [0.3, 0.4) is 0 Å². The van der Waals surface area contributed by atoms with Crippen molar-refractivity contribution < 1.29 is 9.59 Å². The molecule has 116 valence electrons. The summed E-state index contributed by atoms with van der Waals surface area (Å²) in [5.74, 6) is -0.301. The van der Waals surface area contributed by atoms with Gasteiger partial charge in [0, 0.05) is 5.92 Å². The highest BCUT2D eigenvalue weighted by atomic mass is 35.5. The van der Waals surface area contributed by atoms with E-state index in [4.69, 9.17) is 11.6 Å². The van der Waals surface area contributed by atoms with E-state index in [2.05, 4.69) is 20.9 Å². The summed E-state index contributed by atoms with van der Waals surface area (Å²) < 4.78 is 1.34. The molecule has 8 heteroatoms. The number of carbonyl (C=O) groups excluding carboxylic acids is 2. The number of nitrogens with zero attached hydrogens (tertiary/aromatic N) is 3. The second-order valence-electron chi connectivity index (χ2n) is 4.97. The van der Waals surface area contributed by atoms with Crippen molar-refractivity contribution in [1.82, 2.24) is 15.0 Å². The lowest BCUT2D eigenvalue weighted by Gasteiger charge is -2.06. The number of rotatable bonds is 5. The van der Waals surface area contributed by atoms with Crippen LogP contribution in [0.5, 0.6) is 0 Å². The Balaban J connectivity index is 1.94. The van der Waals surface area contributed by atoms with Crippen molar-refractivity contribution >= 4 is 34.9 Å². The Morgan fingerprint density at radius 1 is 1.27 bits per heavy atom. The van der Waals surface area contributed by atoms with E-state index in [1.165, 1.54) is 10.9 Å². The quantitative estimate of drug-likeness (QED) is 0.883. The minimum atomic E-state index is -0.292. The first-order chi connectivity index (χ1) is 10.5. The third-order valence-corrected chi connectivity index (χ3v) is 3.10. The molecule has 1 heterocycles. The van der Waals surface area contributed by atoms with Gasteiger partial charge in [-0.15, -0.1) is 5.10 Å². The summed E-state index contributed by atoms with van der Waals surface area (Å²) in [5.41, 5.74) is 0.530. The molecule has 0 aliphatic rings. The highest BCUT2D eigenvalue weighted by Crippen LogP contribution is 2.20. The zero-order valence-electron chi connectivity index (χ0n) is 12.2. The lowest BCUT2D eigenvalue weighted by molar-refractivity contribution is -0.119. The van der Waals surface area contributed by atoms with Gasteiger partial charge < -0.3 is 10.6 Å². The van der Waals surface area contributed by atoms with Crippen LogP contribution in [0.1, 0.15) is 13.8 Å². The number of hydrogen-bond donors (Lipinski definition) is 2. The number of aromatic nitrogens is 3. The Bertz CT molecular complexity index is 683. The first-order valence-electron chi connectivity index (χ1n) is 6.71. The van der Waals surface area contributed by atoms with Gasteiger partial charge >= 0.3 is 0 Å². The second kappa shape index (κ2) is 7.04. The van der Waals surface area contributed by atoms with Gasteiger partial charge in [0.15, 0.2) is 5.82 Å². The lowest BCUT2D eigenvalue weighted by Crippen LogP contribution is -2.19. The van der Waals surface area contributed by atoms with E-state index in [9.17, 15) is 9.59 Å². The van der Waals surface area contributed by atoms with Crippen molar-refractivity contribution in [3.63, 3.8) is 0 Å². The standard InChI is InChI=1S/C14H16ClN5O2/c1-9(2)14(22)17-12-7-20(19-18-12)8-13(21)16-11-6-4-3-5-10(11)15/h3-7,9H,8H2,1-2H3,(H,16,21)(H,17,22). The van der Waals surface area contributed by atoms with E-state index in [-0.39, 0.29) is 24.3 Å². The maximum absolute atomic E-state index is 11.9. The van der Waals surface area contributed by atoms with Crippen LogP contribution in [0.15, 0.2) is 30.5 Å². The first-order valence-corrected chi connectivity index (χ1v) is 7.09. The number of anilines is 2. The van der Waals surface area contributed by atoms with E-state index in [0.29, 0.717) is 16.5 Å². The molecule has 2 aromatic rings. The Labute approximate surface area is 132 Å². The van der Waals surface area contributed by atoms with Gasteiger partial charge in [0.25, 0.3) is 0 Å². The number of carbonyl (C=O) groups is 2. The fourth-order valence-corrected chi connectivity index (χ4v) is 1.79. The predicted octanol–water partition coefficient (Wildman–Crippen LogP) is 2.16. The summed E-state index contributed by atoms with van der Waals surface area (Å²) in [5, 5.41) is 13.3. The zero-order valence-corrected chi connectivity index (χ0v) is 13.0. The minimum absolute atomic E-state index is 0.0320. The topological polar surface area (TPSA) is 88.9 Å². The lowest BCUT2D eigenvalue weighted by atomic mass is 10.2. The molecule has 0 radical (unpaired) electrons. The smallest absolute Gasteiger partial charge is 0.246 e. The van der Waals surface area contributed by atoms with Gasteiger partial charge in [-0.25, -0.2) is 4.68 Å². The fraction of sp³-hybridized carbons (Fsp3) is 0.286. The maximum Gasteiger partial charge on any atom is 0.246 e. The molecule has 0 unspecified atom stereocenters. The number of hydrogen-bond acceptors (Lipinski definition) is 4. The molecule has 7 nitrogen and oxygen atoms in total. The number of amides is 2. The third-order valence-electron chi connectivity index (χ3n) is 2.77. The van der Waals surface area contributed by atoms with Crippen LogP contribution in [0, 0.1) is 5.92 Å². The highest BCUT2D eigenvalue weighted by Gasteiger charge is 2.11. The molecule has 2 amide bonds. The molecule has 0 aliphatic carbocycles. The summed E-state index contributed by atoms with van der Waals surface area (Å²) in [6.07, 6.45) is 1.49. The summed E-state index contributed by atoms with van der Waals surface area (Å²) in [6.45, 7) is 3.52.